The van der Waals surface area contributed by atoms with E-state index in [1.165, 1.54) is 16.3 Å². The lowest BCUT2D eigenvalue weighted by Gasteiger charge is -2.25. The summed E-state index contributed by atoms with van der Waals surface area (Å²) in [5.74, 6) is -2.57. The van der Waals surface area contributed by atoms with E-state index >= 15 is 0 Å². The highest BCUT2D eigenvalue weighted by molar-refractivity contribution is 5.88. The summed E-state index contributed by atoms with van der Waals surface area (Å²) in [5.41, 5.74) is 1.33. The van der Waals surface area contributed by atoms with Gasteiger partial charge in [-0.05, 0) is 31.1 Å². The van der Waals surface area contributed by atoms with E-state index in [9.17, 15) is 9.59 Å². The molecule has 3 rings (SSSR count). The van der Waals surface area contributed by atoms with Gasteiger partial charge in [0, 0.05) is 17.8 Å². The van der Waals surface area contributed by atoms with Gasteiger partial charge in [-0.3, -0.25) is 0 Å². The van der Waals surface area contributed by atoms with E-state index in [2.05, 4.69) is 91.8 Å². The van der Waals surface area contributed by atoms with Crippen molar-refractivity contribution in [1.82, 2.24) is 4.90 Å². The number of aliphatic hydroxyl groups is 2. The fourth-order valence-electron chi connectivity index (χ4n) is 3.27. The number of benzene rings is 3. The largest absolute Gasteiger partial charge is 0.493 e. The molecule has 0 saturated heterocycles. The Labute approximate surface area is 192 Å². The van der Waals surface area contributed by atoms with Gasteiger partial charge >= 0.3 is 11.9 Å². The summed E-state index contributed by atoms with van der Waals surface area (Å²) in [5, 5.41) is 34.9. The average molecular weight is 456 g/mol. The predicted molar refractivity (Wildman–Crippen MR) is 124 cm³/mol. The Hall–Kier alpha value is -3.46. The highest BCUT2D eigenvalue weighted by Crippen LogP contribution is 2.27. The van der Waals surface area contributed by atoms with E-state index in [1.54, 1.807) is 0 Å². The maximum Gasteiger partial charge on any atom is 0.335 e. The summed E-state index contributed by atoms with van der Waals surface area (Å²) in [6.45, 7) is 0.700. The summed E-state index contributed by atoms with van der Waals surface area (Å²) in [4.78, 5) is 21.8. The van der Waals surface area contributed by atoms with Crippen LogP contribution in [0.25, 0.3) is 10.8 Å². The second-order valence-corrected chi connectivity index (χ2v) is 7.57. The molecule has 4 N–H and O–H groups in total. The van der Waals surface area contributed by atoms with Gasteiger partial charge in [0.2, 0.25) is 0 Å². The molecule has 0 aliphatic rings. The Morgan fingerprint density at radius 2 is 1.36 bits per heavy atom. The van der Waals surface area contributed by atoms with E-state index < -0.39 is 24.1 Å². The first-order valence-electron chi connectivity index (χ1n) is 10.4. The van der Waals surface area contributed by atoms with Crippen LogP contribution in [0.5, 0.6) is 5.75 Å². The topological polar surface area (TPSA) is 128 Å². The Kier molecular flexibility index (Phi) is 9.81. The minimum atomic E-state index is -2.27. The first-order chi connectivity index (χ1) is 15.7. The lowest BCUT2D eigenvalue weighted by Crippen LogP contribution is -2.39. The van der Waals surface area contributed by atoms with Crippen LogP contribution in [0.2, 0.25) is 0 Å². The normalized spacial score (nSPS) is 13.5. The molecule has 3 aromatic rings. The molecule has 8 heteroatoms. The van der Waals surface area contributed by atoms with Crippen LogP contribution in [0.1, 0.15) is 18.0 Å². The highest BCUT2D eigenvalue weighted by Gasteiger charge is 2.29. The van der Waals surface area contributed by atoms with Crippen molar-refractivity contribution in [1.29, 1.82) is 0 Å². The molecular formula is C25H29NO7. The van der Waals surface area contributed by atoms with Crippen molar-refractivity contribution in [3.8, 4) is 5.75 Å². The number of nitrogens with zero attached hydrogens (tertiary/aromatic N) is 1. The van der Waals surface area contributed by atoms with Gasteiger partial charge in [0.25, 0.3) is 0 Å². The molecule has 33 heavy (non-hydrogen) atoms. The van der Waals surface area contributed by atoms with Crippen molar-refractivity contribution in [2.75, 3.05) is 20.7 Å². The lowest BCUT2D eigenvalue weighted by molar-refractivity contribution is -0.165. The molecule has 0 aromatic heterocycles. The molecule has 0 fully saturated rings. The van der Waals surface area contributed by atoms with E-state index in [1.807, 2.05) is 0 Å². The van der Waals surface area contributed by atoms with Crippen molar-refractivity contribution in [3.63, 3.8) is 0 Å². The molecule has 3 aromatic carbocycles. The van der Waals surface area contributed by atoms with Gasteiger partial charge in [-0.1, -0.05) is 66.7 Å². The number of aliphatic hydroxyl groups excluding tert-OH is 2. The molecule has 0 aliphatic heterocycles. The maximum absolute atomic E-state index is 9.77. The van der Waals surface area contributed by atoms with Gasteiger partial charge in [-0.25, -0.2) is 9.59 Å². The monoisotopic (exact) mass is 455 g/mol. The van der Waals surface area contributed by atoms with Crippen molar-refractivity contribution < 1.29 is 34.8 Å². The zero-order chi connectivity index (χ0) is 24.4. The van der Waals surface area contributed by atoms with Gasteiger partial charge < -0.3 is 30.1 Å². The number of hydrogen-bond acceptors (Lipinski definition) is 6. The number of rotatable bonds is 9. The Bertz CT molecular complexity index is 1020. The second kappa shape index (κ2) is 12.5. The fraction of sp³-hybridized carbons (Fsp3) is 0.280. The van der Waals surface area contributed by atoms with E-state index in [4.69, 9.17) is 25.2 Å². The standard InChI is InChI=1S/C21H23NO.C4H6O6/c1-22(2)20(18-10-4-3-5-11-18)15-16-23-21-14-8-12-17-9-6-7-13-19(17)21;5-1(3(7)8)2(6)4(9)10/h3-14,20H,15-16H2,1-2H3;1-2,5-6H,(H,7,8)(H,9,10). The lowest BCUT2D eigenvalue weighted by atomic mass is 10.0. The van der Waals surface area contributed by atoms with Crippen LogP contribution in [0.3, 0.4) is 0 Å². The van der Waals surface area contributed by atoms with Gasteiger partial charge in [-0.15, -0.1) is 0 Å². The van der Waals surface area contributed by atoms with E-state index in [-0.39, 0.29) is 0 Å². The summed E-state index contributed by atoms with van der Waals surface area (Å²) in [6, 6.07) is 25.6. The number of ether oxygens (including phenoxy) is 1. The molecule has 176 valence electrons. The molecule has 0 aliphatic carbocycles. The first kappa shape index (κ1) is 25.8. The van der Waals surface area contributed by atoms with Crippen LogP contribution in [-0.4, -0.2) is 70.2 Å². The summed E-state index contributed by atoms with van der Waals surface area (Å²) in [7, 11) is 4.24. The minimum absolute atomic E-state index is 0.367. The average Bonchev–Trinajstić information content (AvgIpc) is 2.81. The second-order valence-electron chi connectivity index (χ2n) is 7.57. The Morgan fingerprint density at radius 3 is 1.94 bits per heavy atom. The molecule has 3 atom stereocenters. The summed E-state index contributed by atoms with van der Waals surface area (Å²) < 4.78 is 6.09. The van der Waals surface area contributed by atoms with Crippen LogP contribution in [0, 0.1) is 0 Å². The predicted octanol–water partition coefficient (Wildman–Crippen LogP) is 2.79. The zero-order valence-corrected chi connectivity index (χ0v) is 18.5. The molecule has 0 amide bonds. The molecule has 0 heterocycles. The quantitative estimate of drug-likeness (QED) is 0.388. The van der Waals surface area contributed by atoms with Crippen molar-refractivity contribution >= 4 is 22.7 Å². The van der Waals surface area contributed by atoms with E-state index in [0.29, 0.717) is 12.6 Å². The molecule has 0 spiro atoms. The fourth-order valence-corrected chi connectivity index (χ4v) is 3.27. The number of carboxylic acid groups (broad SMARTS) is 2. The molecular weight excluding hydrogens is 426 g/mol. The molecule has 3 unspecified atom stereocenters. The highest BCUT2D eigenvalue weighted by atomic mass is 16.5. The SMILES string of the molecule is CN(C)C(CCOc1cccc2ccccc12)c1ccccc1.O=C(O)C(O)C(O)C(=O)O. The van der Waals surface area contributed by atoms with Crippen LogP contribution in [0.15, 0.2) is 72.8 Å². The van der Waals surface area contributed by atoms with Gasteiger partial charge in [0.15, 0.2) is 12.2 Å². The molecule has 0 radical (unpaired) electrons. The van der Waals surface area contributed by atoms with Gasteiger partial charge in [0.05, 0.1) is 6.61 Å². The van der Waals surface area contributed by atoms with Gasteiger partial charge in [0.1, 0.15) is 5.75 Å². The van der Waals surface area contributed by atoms with Crippen LogP contribution < -0.4 is 4.74 Å². The third-order valence-corrected chi connectivity index (χ3v) is 5.01. The number of carbonyl (C=O) groups is 2. The number of fused-ring (bicyclic) bond motifs is 1. The molecule has 0 saturated carbocycles. The molecule has 0 bridgehead atoms. The van der Waals surface area contributed by atoms with Crippen molar-refractivity contribution in [2.24, 2.45) is 0 Å². The van der Waals surface area contributed by atoms with Gasteiger partial charge in [-0.2, -0.15) is 0 Å². The zero-order valence-electron chi connectivity index (χ0n) is 18.5. The Balaban J connectivity index is 0.000000328. The first-order valence-corrected chi connectivity index (χ1v) is 10.4. The number of carboxylic acids is 2. The summed E-state index contributed by atoms with van der Waals surface area (Å²) >= 11 is 0. The maximum atomic E-state index is 9.77. The third-order valence-electron chi connectivity index (χ3n) is 5.01. The van der Waals surface area contributed by atoms with E-state index in [0.717, 1.165) is 12.2 Å². The van der Waals surface area contributed by atoms with Crippen LogP contribution in [0.4, 0.5) is 0 Å². The number of hydrogen-bond donors (Lipinski definition) is 4. The van der Waals surface area contributed by atoms with Crippen LogP contribution >= 0.6 is 0 Å². The number of aliphatic carboxylic acids is 2. The van der Waals surface area contributed by atoms with Crippen LogP contribution in [-0.2, 0) is 9.59 Å². The minimum Gasteiger partial charge on any atom is -0.493 e. The summed E-state index contributed by atoms with van der Waals surface area (Å²) in [6.07, 6.45) is -3.57. The Morgan fingerprint density at radius 1 is 0.818 bits per heavy atom. The smallest absolute Gasteiger partial charge is 0.335 e. The van der Waals surface area contributed by atoms with Crippen molar-refractivity contribution in [2.45, 2.75) is 24.7 Å². The third kappa shape index (κ3) is 7.57. The molecule has 8 nitrogen and oxygen atoms in total. The van der Waals surface area contributed by atoms with Crippen molar-refractivity contribution in [3.05, 3.63) is 78.4 Å².